The third-order valence-electron chi connectivity index (χ3n) is 3.10. The summed E-state index contributed by atoms with van der Waals surface area (Å²) in [7, 11) is 0. The predicted octanol–water partition coefficient (Wildman–Crippen LogP) is 3.88. The lowest BCUT2D eigenvalue weighted by atomic mass is 10.1. The van der Waals surface area contributed by atoms with Crippen molar-refractivity contribution in [2.45, 2.75) is 6.18 Å². The van der Waals surface area contributed by atoms with E-state index >= 15 is 0 Å². The summed E-state index contributed by atoms with van der Waals surface area (Å²) < 4.78 is 40.3. The molecule has 118 valence electrons. The van der Waals surface area contributed by atoms with E-state index in [-0.39, 0.29) is 15.8 Å². The molecule has 0 bridgehead atoms. The Morgan fingerprint density at radius 2 is 1.87 bits per heavy atom. The number of hydrogen-bond donors (Lipinski definition) is 1. The first-order valence-corrected chi connectivity index (χ1v) is 7.03. The van der Waals surface area contributed by atoms with E-state index in [1.807, 2.05) is 0 Å². The van der Waals surface area contributed by atoms with Gasteiger partial charge in [-0.2, -0.15) is 18.3 Å². The molecule has 0 unspecified atom stereocenters. The zero-order valence-electron chi connectivity index (χ0n) is 11.2. The normalized spacial score (nSPS) is 11.8. The molecule has 0 aliphatic rings. The molecule has 0 atom stereocenters. The van der Waals surface area contributed by atoms with Crippen LogP contribution in [0.3, 0.4) is 0 Å². The van der Waals surface area contributed by atoms with E-state index in [4.69, 9.17) is 5.11 Å². The number of nitrogens with zero attached hydrogens (tertiary/aromatic N) is 3. The molecular weight excluding hydrogens is 379 g/mol. The highest BCUT2D eigenvalue weighted by Crippen LogP contribution is 2.34. The van der Waals surface area contributed by atoms with E-state index in [1.165, 1.54) is 0 Å². The SMILES string of the molecule is O=C(O)c1nn2c(C(F)(F)F)cc(-c3ccccc3)nc2c1Br. The van der Waals surface area contributed by atoms with Crippen molar-refractivity contribution in [2.75, 3.05) is 0 Å². The number of aromatic carboxylic acids is 1. The third kappa shape index (κ3) is 2.67. The van der Waals surface area contributed by atoms with Gasteiger partial charge >= 0.3 is 12.1 Å². The molecule has 0 aliphatic carbocycles. The fourth-order valence-corrected chi connectivity index (χ4v) is 2.59. The lowest BCUT2D eigenvalue weighted by Crippen LogP contribution is -2.14. The van der Waals surface area contributed by atoms with Gasteiger partial charge in [0.05, 0.1) is 10.2 Å². The van der Waals surface area contributed by atoms with Crippen LogP contribution in [0.4, 0.5) is 13.2 Å². The molecule has 1 aromatic carbocycles. The Kier molecular flexibility index (Phi) is 3.59. The van der Waals surface area contributed by atoms with Crippen LogP contribution in [0.1, 0.15) is 16.2 Å². The van der Waals surface area contributed by atoms with Crippen LogP contribution in [-0.2, 0) is 6.18 Å². The summed E-state index contributed by atoms with van der Waals surface area (Å²) in [6, 6.07) is 9.13. The summed E-state index contributed by atoms with van der Waals surface area (Å²) >= 11 is 2.97. The van der Waals surface area contributed by atoms with Gasteiger partial charge in [-0.25, -0.2) is 14.3 Å². The molecule has 0 radical (unpaired) electrons. The van der Waals surface area contributed by atoms with Crippen LogP contribution in [0, 0.1) is 0 Å². The van der Waals surface area contributed by atoms with E-state index in [2.05, 4.69) is 26.0 Å². The minimum atomic E-state index is -4.72. The van der Waals surface area contributed by atoms with Crippen LogP contribution < -0.4 is 0 Å². The highest BCUT2D eigenvalue weighted by molar-refractivity contribution is 9.10. The van der Waals surface area contributed by atoms with Crippen LogP contribution in [0.25, 0.3) is 16.9 Å². The average Bonchev–Trinajstić information content (AvgIpc) is 2.84. The second-order valence-electron chi connectivity index (χ2n) is 4.59. The molecule has 1 N–H and O–H groups in total. The summed E-state index contributed by atoms with van der Waals surface area (Å²) in [6.45, 7) is 0. The Hall–Kier alpha value is -2.42. The fraction of sp³-hybridized carbons (Fsp3) is 0.0714. The minimum Gasteiger partial charge on any atom is -0.476 e. The third-order valence-corrected chi connectivity index (χ3v) is 3.83. The smallest absolute Gasteiger partial charge is 0.433 e. The second-order valence-corrected chi connectivity index (χ2v) is 5.39. The lowest BCUT2D eigenvalue weighted by Gasteiger charge is -2.11. The number of benzene rings is 1. The average molecular weight is 386 g/mol. The fourth-order valence-electron chi connectivity index (χ4n) is 2.09. The molecule has 3 rings (SSSR count). The zero-order chi connectivity index (χ0) is 16.8. The Morgan fingerprint density at radius 1 is 1.22 bits per heavy atom. The van der Waals surface area contributed by atoms with Crippen molar-refractivity contribution in [3.63, 3.8) is 0 Å². The maximum Gasteiger partial charge on any atom is 0.433 e. The van der Waals surface area contributed by atoms with Gasteiger partial charge in [0.15, 0.2) is 17.0 Å². The summed E-state index contributed by atoms with van der Waals surface area (Å²) in [5.74, 6) is -1.45. The molecule has 2 heterocycles. The van der Waals surface area contributed by atoms with Crippen LogP contribution in [0.15, 0.2) is 40.9 Å². The quantitative estimate of drug-likeness (QED) is 0.726. The van der Waals surface area contributed by atoms with E-state index < -0.39 is 23.5 Å². The maximum atomic E-state index is 13.3. The largest absolute Gasteiger partial charge is 0.476 e. The molecular formula is C14H7BrF3N3O2. The van der Waals surface area contributed by atoms with Gasteiger partial charge in [-0.3, -0.25) is 0 Å². The van der Waals surface area contributed by atoms with Crippen molar-refractivity contribution in [1.82, 2.24) is 14.6 Å². The highest BCUT2D eigenvalue weighted by Gasteiger charge is 2.36. The Morgan fingerprint density at radius 3 is 2.43 bits per heavy atom. The van der Waals surface area contributed by atoms with Gasteiger partial charge in [-0.15, -0.1) is 0 Å². The molecule has 0 fully saturated rings. The molecule has 5 nitrogen and oxygen atoms in total. The monoisotopic (exact) mass is 385 g/mol. The van der Waals surface area contributed by atoms with E-state index in [0.29, 0.717) is 10.1 Å². The first-order valence-electron chi connectivity index (χ1n) is 6.24. The number of aromatic nitrogens is 3. The van der Waals surface area contributed by atoms with Crippen molar-refractivity contribution in [3.05, 3.63) is 52.3 Å². The molecule has 0 saturated heterocycles. The highest BCUT2D eigenvalue weighted by atomic mass is 79.9. The van der Waals surface area contributed by atoms with Gasteiger partial charge in [-0.1, -0.05) is 30.3 Å². The van der Waals surface area contributed by atoms with Crippen molar-refractivity contribution in [1.29, 1.82) is 0 Å². The van der Waals surface area contributed by atoms with Crippen molar-refractivity contribution in [2.24, 2.45) is 0 Å². The molecule has 3 aromatic rings. The van der Waals surface area contributed by atoms with Gasteiger partial charge in [0.25, 0.3) is 0 Å². The van der Waals surface area contributed by atoms with Gasteiger partial charge in [0.2, 0.25) is 0 Å². The second kappa shape index (κ2) is 5.34. The Bertz CT molecular complexity index is 907. The van der Waals surface area contributed by atoms with Gasteiger partial charge in [0.1, 0.15) is 0 Å². The van der Waals surface area contributed by atoms with Gasteiger partial charge < -0.3 is 5.11 Å². The Balaban J connectivity index is 2.38. The van der Waals surface area contributed by atoms with Crippen LogP contribution in [-0.4, -0.2) is 25.7 Å². The lowest BCUT2D eigenvalue weighted by molar-refractivity contribution is -0.142. The number of hydrogen-bond acceptors (Lipinski definition) is 3. The van der Waals surface area contributed by atoms with Crippen LogP contribution in [0.5, 0.6) is 0 Å². The first-order chi connectivity index (χ1) is 10.8. The number of rotatable bonds is 2. The predicted molar refractivity (Wildman–Crippen MR) is 78.1 cm³/mol. The van der Waals surface area contributed by atoms with E-state index in [1.54, 1.807) is 30.3 Å². The summed E-state index contributed by atoms with van der Waals surface area (Å²) in [4.78, 5) is 15.2. The molecule has 0 saturated carbocycles. The molecule has 0 amide bonds. The molecule has 2 aromatic heterocycles. The topological polar surface area (TPSA) is 67.5 Å². The number of halogens is 4. The number of alkyl halides is 3. The number of carboxylic acids is 1. The van der Waals surface area contributed by atoms with Gasteiger partial charge in [0, 0.05) is 5.56 Å². The minimum absolute atomic E-state index is 0.0722. The molecule has 23 heavy (non-hydrogen) atoms. The number of carboxylic acid groups (broad SMARTS) is 1. The summed E-state index contributed by atoms with van der Waals surface area (Å²) in [5.41, 5.74) is -1.30. The van der Waals surface area contributed by atoms with Crippen molar-refractivity contribution in [3.8, 4) is 11.3 Å². The molecule has 0 aliphatic heterocycles. The standard InChI is InChI=1S/C14H7BrF3N3O2/c15-10-11(13(22)23)20-21-9(14(16,17)18)6-8(19-12(10)21)7-4-2-1-3-5-7/h1-6H,(H,22,23). The summed E-state index contributed by atoms with van der Waals surface area (Å²) in [5, 5.41) is 12.5. The van der Waals surface area contributed by atoms with Crippen molar-refractivity contribution < 1.29 is 23.1 Å². The number of fused-ring (bicyclic) bond motifs is 1. The van der Waals surface area contributed by atoms with Crippen LogP contribution >= 0.6 is 15.9 Å². The van der Waals surface area contributed by atoms with Crippen LogP contribution in [0.2, 0.25) is 0 Å². The summed E-state index contributed by atoms with van der Waals surface area (Å²) in [6.07, 6.45) is -4.72. The van der Waals surface area contributed by atoms with E-state index in [9.17, 15) is 18.0 Å². The molecule has 9 heteroatoms. The van der Waals surface area contributed by atoms with Crippen molar-refractivity contribution >= 4 is 27.5 Å². The van der Waals surface area contributed by atoms with E-state index in [0.717, 1.165) is 6.07 Å². The maximum absolute atomic E-state index is 13.3. The first kappa shape index (κ1) is 15.5. The molecule has 0 spiro atoms. The number of carbonyl (C=O) groups is 1. The Labute approximate surface area is 135 Å². The van der Waals surface area contributed by atoms with Gasteiger partial charge in [-0.05, 0) is 22.0 Å². The zero-order valence-corrected chi connectivity index (χ0v) is 12.8.